The van der Waals surface area contributed by atoms with Crippen LogP contribution in [0.4, 0.5) is 5.95 Å². The number of hydrogen-bond donors (Lipinski definition) is 1. The Bertz CT molecular complexity index is 1250. The minimum Gasteiger partial charge on any atom is -0.494 e. The zero-order valence-corrected chi connectivity index (χ0v) is 19.2. The van der Waals surface area contributed by atoms with E-state index in [1.165, 1.54) is 11.9 Å². The second-order valence-electron chi connectivity index (χ2n) is 6.95. The number of nitrogens with one attached hydrogen (secondary N) is 1. The van der Waals surface area contributed by atoms with Gasteiger partial charge in [-0.1, -0.05) is 6.07 Å². The quantitative estimate of drug-likeness (QED) is 0.285. The van der Waals surface area contributed by atoms with Crippen molar-refractivity contribution in [3.8, 4) is 34.8 Å². The fourth-order valence-electron chi connectivity index (χ4n) is 3.24. The van der Waals surface area contributed by atoms with E-state index in [1.807, 2.05) is 47.9 Å². The number of rotatable bonds is 9. The maximum Gasteiger partial charge on any atom is 0.239 e. The molecule has 168 valence electrons. The van der Waals surface area contributed by atoms with Crippen molar-refractivity contribution in [1.29, 1.82) is 5.26 Å². The summed E-state index contributed by atoms with van der Waals surface area (Å²) in [4.78, 5) is 4.31. The summed E-state index contributed by atoms with van der Waals surface area (Å²) in [6.07, 6.45) is 2.30. The monoisotopic (exact) mass is 462 g/mol. The van der Waals surface area contributed by atoms with Gasteiger partial charge in [-0.2, -0.15) is 5.26 Å². The SMILES string of the molecule is COc1cccc(OC)c1-n1c(NSCCc2ccc(C#N)cn2)nnc1-c1ccc(C)o1. The van der Waals surface area contributed by atoms with Crippen LogP contribution in [0.2, 0.25) is 0 Å². The molecule has 1 aromatic carbocycles. The van der Waals surface area contributed by atoms with Crippen LogP contribution in [0.5, 0.6) is 11.5 Å². The molecule has 1 N–H and O–H groups in total. The molecule has 0 saturated heterocycles. The average Bonchev–Trinajstić information content (AvgIpc) is 3.47. The number of benzene rings is 1. The molecule has 3 heterocycles. The van der Waals surface area contributed by atoms with Gasteiger partial charge in [-0.25, -0.2) is 0 Å². The van der Waals surface area contributed by atoms with Gasteiger partial charge >= 0.3 is 0 Å². The van der Waals surface area contributed by atoms with Gasteiger partial charge in [0.15, 0.2) is 5.76 Å². The Morgan fingerprint density at radius 1 is 1.09 bits per heavy atom. The molecule has 9 nitrogen and oxygen atoms in total. The van der Waals surface area contributed by atoms with Crippen molar-refractivity contribution in [3.05, 3.63) is 65.7 Å². The molecule has 4 rings (SSSR count). The first-order chi connectivity index (χ1) is 16.1. The van der Waals surface area contributed by atoms with Crippen LogP contribution in [0.25, 0.3) is 17.3 Å². The number of hydrogen-bond acceptors (Lipinski definition) is 9. The third-order valence-corrected chi connectivity index (χ3v) is 5.56. The molecule has 0 aliphatic carbocycles. The molecule has 0 saturated carbocycles. The highest BCUT2D eigenvalue weighted by Gasteiger charge is 2.23. The highest BCUT2D eigenvalue weighted by atomic mass is 32.2. The molecule has 3 aromatic heterocycles. The smallest absolute Gasteiger partial charge is 0.239 e. The molecule has 0 amide bonds. The largest absolute Gasteiger partial charge is 0.494 e. The fourth-order valence-corrected chi connectivity index (χ4v) is 3.91. The third-order valence-electron chi connectivity index (χ3n) is 4.83. The van der Waals surface area contributed by atoms with E-state index in [1.54, 1.807) is 26.5 Å². The minimum absolute atomic E-state index is 0.500. The summed E-state index contributed by atoms with van der Waals surface area (Å²) in [6, 6.07) is 15.0. The second kappa shape index (κ2) is 10.1. The number of para-hydroxylation sites is 1. The van der Waals surface area contributed by atoms with Crippen molar-refractivity contribution < 1.29 is 13.9 Å². The molecule has 0 bridgehead atoms. The zero-order valence-electron chi connectivity index (χ0n) is 18.4. The summed E-state index contributed by atoms with van der Waals surface area (Å²) in [5.41, 5.74) is 2.11. The van der Waals surface area contributed by atoms with Crippen LogP contribution in [0.1, 0.15) is 17.0 Å². The van der Waals surface area contributed by atoms with E-state index >= 15 is 0 Å². The lowest BCUT2D eigenvalue weighted by molar-refractivity contribution is 0.391. The van der Waals surface area contributed by atoms with E-state index < -0.39 is 0 Å². The normalized spacial score (nSPS) is 10.6. The Labute approximate surface area is 195 Å². The summed E-state index contributed by atoms with van der Waals surface area (Å²) >= 11 is 1.47. The molecular weight excluding hydrogens is 440 g/mol. The molecule has 4 aromatic rings. The second-order valence-corrected chi connectivity index (χ2v) is 7.86. The minimum atomic E-state index is 0.500. The molecule has 0 aliphatic heterocycles. The lowest BCUT2D eigenvalue weighted by Crippen LogP contribution is -2.07. The van der Waals surface area contributed by atoms with E-state index in [4.69, 9.17) is 19.2 Å². The van der Waals surface area contributed by atoms with Crippen molar-refractivity contribution in [3.63, 3.8) is 0 Å². The number of ether oxygens (including phenoxy) is 2. The fraction of sp³-hybridized carbons (Fsp3) is 0.217. The number of aryl methyl sites for hydroxylation is 2. The van der Waals surface area contributed by atoms with Crippen LogP contribution in [0.3, 0.4) is 0 Å². The van der Waals surface area contributed by atoms with E-state index in [-0.39, 0.29) is 0 Å². The summed E-state index contributed by atoms with van der Waals surface area (Å²) in [5.74, 6) is 4.30. The van der Waals surface area contributed by atoms with Crippen molar-refractivity contribution >= 4 is 17.9 Å². The topological polar surface area (TPSA) is 111 Å². The van der Waals surface area contributed by atoms with Gasteiger partial charge in [0.1, 0.15) is 29.0 Å². The Balaban J connectivity index is 1.62. The van der Waals surface area contributed by atoms with Crippen LogP contribution in [-0.2, 0) is 6.42 Å². The number of furan rings is 1. The Morgan fingerprint density at radius 2 is 1.88 bits per heavy atom. The number of nitrogens with zero attached hydrogens (tertiary/aromatic N) is 5. The predicted molar refractivity (Wildman–Crippen MR) is 126 cm³/mol. The zero-order chi connectivity index (χ0) is 23.2. The highest BCUT2D eigenvalue weighted by Crippen LogP contribution is 2.38. The van der Waals surface area contributed by atoms with E-state index in [9.17, 15) is 0 Å². The van der Waals surface area contributed by atoms with Gasteiger partial charge in [0, 0.05) is 24.1 Å². The van der Waals surface area contributed by atoms with Gasteiger partial charge in [0.2, 0.25) is 11.8 Å². The van der Waals surface area contributed by atoms with Gasteiger partial charge < -0.3 is 13.9 Å². The first kappa shape index (κ1) is 22.2. The first-order valence-electron chi connectivity index (χ1n) is 10.1. The van der Waals surface area contributed by atoms with Gasteiger partial charge in [0.05, 0.1) is 19.8 Å². The summed E-state index contributed by atoms with van der Waals surface area (Å²) in [6.45, 7) is 1.88. The van der Waals surface area contributed by atoms with Crippen molar-refractivity contribution in [2.24, 2.45) is 0 Å². The summed E-state index contributed by atoms with van der Waals surface area (Å²) < 4.78 is 22.1. The molecule has 33 heavy (non-hydrogen) atoms. The molecule has 0 unspecified atom stereocenters. The Morgan fingerprint density at radius 3 is 2.48 bits per heavy atom. The third kappa shape index (κ3) is 4.78. The van der Waals surface area contributed by atoms with Crippen LogP contribution >= 0.6 is 11.9 Å². The number of pyridine rings is 1. The molecule has 0 fully saturated rings. The number of anilines is 1. The van der Waals surface area contributed by atoms with E-state index in [0.717, 1.165) is 23.6 Å². The van der Waals surface area contributed by atoms with Gasteiger partial charge in [-0.3, -0.25) is 14.3 Å². The lowest BCUT2D eigenvalue weighted by Gasteiger charge is -2.16. The van der Waals surface area contributed by atoms with Crippen LogP contribution < -0.4 is 14.2 Å². The van der Waals surface area contributed by atoms with E-state index in [2.05, 4.69) is 26.0 Å². The Hall–Kier alpha value is -3.97. The van der Waals surface area contributed by atoms with Crippen molar-refractivity contribution in [2.45, 2.75) is 13.3 Å². The van der Waals surface area contributed by atoms with Crippen LogP contribution in [0.15, 0.2) is 53.1 Å². The number of aromatic nitrogens is 4. The molecule has 0 aliphatic rings. The first-order valence-corrected chi connectivity index (χ1v) is 11.1. The molecular formula is C23H22N6O3S. The van der Waals surface area contributed by atoms with Gasteiger partial charge in [-0.15, -0.1) is 10.2 Å². The average molecular weight is 463 g/mol. The molecule has 0 atom stereocenters. The molecule has 0 spiro atoms. The maximum absolute atomic E-state index is 8.91. The molecule has 10 heteroatoms. The van der Waals surface area contributed by atoms with Gasteiger partial charge in [0.25, 0.3) is 0 Å². The molecule has 0 radical (unpaired) electrons. The van der Waals surface area contributed by atoms with Crippen LogP contribution in [-0.4, -0.2) is 39.7 Å². The number of methoxy groups -OCH3 is 2. The summed E-state index contributed by atoms with van der Waals surface area (Å²) in [5, 5.41) is 17.6. The maximum atomic E-state index is 8.91. The van der Waals surface area contributed by atoms with Crippen LogP contribution in [0, 0.1) is 18.3 Å². The van der Waals surface area contributed by atoms with Crippen molar-refractivity contribution in [2.75, 3.05) is 24.7 Å². The number of nitriles is 1. The van der Waals surface area contributed by atoms with Crippen molar-refractivity contribution in [1.82, 2.24) is 19.7 Å². The highest BCUT2D eigenvalue weighted by molar-refractivity contribution is 8.00. The summed E-state index contributed by atoms with van der Waals surface area (Å²) in [7, 11) is 3.21. The van der Waals surface area contributed by atoms with Gasteiger partial charge in [-0.05, 0) is 55.3 Å². The lowest BCUT2D eigenvalue weighted by atomic mass is 10.2. The standard InChI is InChI=1S/C23H22N6O3S/c1-15-7-10-20(32-15)22-26-27-23(28-33-12-11-17-9-8-16(13-24)14-25-17)29(22)21-18(30-2)5-4-6-19(21)31-3/h4-10,14H,11-12H2,1-3H3,(H,27,28). The van der Waals surface area contributed by atoms with E-state index in [0.29, 0.717) is 40.3 Å². The Kier molecular flexibility index (Phi) is 6.80. The predicted octanol–water partition coefficient (Wildman–Crippen LogP) is 4.42.